The van der Waals surface area contributed by atoms with Crippen molar-refractivity contribution in [3.05, 3.63) is 102 Å². The van der Waals surface area contributed by atoms with Crippen molar-refractivity contribution >= 4 is 68.6 Å². The van der Waals surface area contributed by atoms with Crippen molar-refractivity contribution in [1.29, 1.82) is 0 Å². The quantitative estimate of drug-likeness (QED) is 0.0352. The summed E-state index contributed by atoms with van der Waals surface area (Å²) in [7, 11) is -3.36. The lowest BCUT2D eigenvalue weighted by Gasteiger charge is -2.32. The van der Waals surface area contributed by atoms with Crippen LogP contribution in [0.4, 0.5) is 0 Å². The average molecular weight is 991 g/mol. The zero-order valence-corrected chi connectivity index (χ0v) is 40.1. The van der Waals surface area contributed by atoms with Crippen molar-refractivity contribution in [2.75, 3.05) is 13.6 Å². The monoisotopic (exact) mass is 990 g/mol. The van der Waals surface area contributed by atoms with E-state index < -0.39 is 101 Å². The van der Waals surface area contributed by atoms with E-state index in [-0.39, 0.29) is 44.3 Å². The van der Waals surface area contributed by atoms with Crippen LogP contribution in [-0.2, 0) is 68.0 Å². The first kappa shape index (κ1) is 55.3. The number of rotatable bonds is 29. The summed E-state index contributed by atoms with van der Waals surface area (Å²) in [5.41, 5.74) is 8.29. The molecule has 1 aromatic heterocycles. The third-order valence-electron chi connectivity index (χ3n) is 11.3. The number of hydrogen-bond donors (Lipinski definition) is 9. The molecular weight excluding hydrogens is 929 g/mol. The molecule has 21 nitrogen and oxygen atoms in total. The van der Waals surface area contributed by atoms with E-state index >= 15 is 0 Å². The number of carbonyl (C=O) groups excluding carboxylic acids is 7. The van der Waals surface area contributed by atoms with Gasteiger partial charge in [0.2, 0.25) is 41.4 Å². The number of aromatic nitrogens is 1. The highest BCUT2D eigenvalue weighted by Gasteiger charge is 2.36. The van der Waals surface area contributed by atoms with E-state index in [9.17, 15) is 51.9 Å². The summed E-state index contributed by atoms with van der Waals surface area (Å²) in [6, 6.07) is 15.0. The molecule has 0 unspecified atom stereocenters. The van der Waals surface area contributed by atoms with E-state index in [2.05, 4.69) is 35.8 Å². The Hall–Kier alpha value is -7.33. The number of aromatic amines is 1. The third-order valence-corrected chi connectivity index (χ3v) is 11.7. The van der Waals surface area contributed by atoms with Crippen molar-refractivity contribution in [2.24, 2.45) is 5.73 Å². The highest BCUT2D eigenvalue weighted by molar-refractivity contribution is 7.81. The highest BCUT2D eigenvalue weighted by atomic mass is 32.3. The van der Waals surface area contributed by atoms with Crippen LogP contribution in [0.5, 0.6) is 5.75 Å². The number of aliphatic carboxylic acids is 1. The molecule has 0 aliphatic rings. The molecular formula is C48H62N8O13S. The summed E-state index contributed by atoms with van der Waals surface area (Å²) in [5, 5.41) is 23.4. The summed E-state index contributed by atoms with van der Waals surface area (Å²) in [5.74, 6) is -6.90. The van der Waals surface area contributed by atoms with Crippen LogP contribution in [0.2, 0.25) is 0 Å². The van der Waals surface area contributed by atoms with Gasteiger partial charge >= 0.3 is 16.4 Å². The minimum absolute atomic E-state index is 0.00311. The van der Waals surface area contributed by atoms with Crippen molar-refractivity contribution < 1.29 is 60.6 Å². The minimum atomic E-state index is -4.71. The first-order chi connectivity index (χ1) is 33.3. The number of benzene rings is 3. The van der Waals surface area contributed by atoms with Gasteiger partial charge in [0.05, 0.1) is 13.0 Å². The molecule has 0 aliphatic heterocycles. The van der Waals surface area contributed by atoms with Gasteiger partial charge in [0.1, 0.15) is 36.0 Å². The first-order valence-corrected chi connectivity index (χ1v) is 24.2. The minimum Gasteiger partial charge on any atom is -0.481 e. The molecule has 70 heavy (non-hydrogen) atoms. The Morgan fingerprint density at radius 3 is 1.99 bits per heavy atom. The van der Waals surface area contributed by atoms with Crippen molar-refractivity contribution in [1.82, 2.24) is 36.5 Å². The summed E-state index contributed by atoms with van der Waals surface area (Å²) in [6.07, 6.45) is 3.51. The topological polar surface area (TPSA) is 326 Å². The predicted molar refractivity (Wildman–Crippen MR) is 257 cm³/mol. The van der Waals surface area contributed by atoms with Crippen LogP contribution in [0.15, 0.2) is 85.1 Å². The van der Waals surface area contributed by atoms with Crippen LogP contribution >= 0.6 is 0 Å². The van der Waals surface area contributed by atoms with Crippen LogP contribution in [0, 0.1) is 0 Å². The molecule has 0 bridgehead atoms. The highest BCUT2D eigenvalue weighted by Crippen LogP contribution is 2.21. The molecule has 0 spiro atoms. The fraction of sp³-hybridized carbons (Fsp3) is 0.417. The first-order valence-electron chi connectivity index (χ1n) is 22.9. The summed E-state index contributed by atoms with van der Waals surface area (Å²) in [6.45, 7) is 3.16. The van der Waals surface area contributed by atoms with Gasteiger partial charge in [-0.1, -0.05) is 100 Å². The van der Waals surface area contributed by atoms with Crippen LogP contribution < -0.4 is 36.5 Å². The number of primary amides is 1. The number of nitrogens with two attached hydrogens (primary N) is 1. The molecule has 4 rings (SSSR count). The van der Waals surface area contributed by atoms with Gasteiger partial charge in [-0.2, -0.15) is 8.42 Å². The third kappa shape index (κ3) is 18.0. The SMILES string of the molecule is CCCC[C@H](NC(=O)CCc1ccc(OS(=O)(=O)O)cc1)C(=O)NCC(=O)N[C@@H](Cc1c[nH]c2ccccc12)C(=O)N(C)[C@@H](CCCC)C(=O)N[C@@H](CC(=O)O)C(=O)N[C@@H](Cc1ccccc1)C(N)=O. The lowest BCUT2D eigenvalue weighted by atomic mass is 10.0. The van der Waals surface area contributed by atoms with E-state index in [1.54, 1.807) is 42.6 Å². The van der Waals surface area contributed by atoms with Crippen LogP contribution in [0.3, 0.4) is 0 Å². The molecule has 1 heterocycles. The van der Waals surface area contributed by atoms with Gasteiger partial charge in [-0.25, -0.2) is 0 Å². The van der Waals surface area contributed by atoms with Gasteiger partial charge in [0.15, 0.2) is 0 Å². The van der Waals surface area contributed by atoms with Gasteiger partial charge in [0.25, 0.3) is 0 Å². The van der Waals surface area contributed by atoms with Gasteiger partial charge in [0, 0.05) is 43.4 Å². The molecule has 0 saturated heterocycles. The fourth-order valence-electron chi connectivity index (χ4n) is 7.59. The number of carbonyl (C=O) groups is 8. The second-order valence-electron chi connectivity index (χ2n) is 16.7. The van der Waals surface area contributed by atoms with E-state index in [1.165, 1.54) is 31.3 Å². The molecule has 7 amide bonds. The number of fused-ring (bicyclic) bond motifs is 1. The van der Waals surface area contributed by atoms with Gasteiger partial charge in [-0.05, 0) is 54.2 Å². The number of nitrogens with zero attached hydrogens (tertiary/aromatic N) is 1. The number of aryl methyl sites for hydroxylation is 1. The van der Waals surface area contributed by atoms with Gasteiger partial charge in [-0.3, -0.25) is 42.9 Å². The molecule has 10 N–H and O–H groups in total. The Labute approximate surface area is 406 Å². The Bertz CT molecular complexity index is 2560. The van der Waals surface area contributed by atoms with E-state index in [0.29, 0.717) is 42.4 Å². The molecule has 0 fully saturated rings. The Kier molecular flexibility index (Phi) is 21.3. The normalized spacial score (nSPS) is 13.4. The van der Waals surface area contributed by atoms with Gasteiger partial charge < -0.3 is 51.5 Å². The second-order valence-corrected chi connectivity index (χ2v) is 17.8. The molecule has 3 aromatic carbocycles. The van der Waals surface area contributed by atoms with Crippen molar-refractivity contribution in [3.63, 3.8) is 0 Å². The zero-order chi connectivity index (χ0) is 51.4. The van der Waals surface area contributed by atoms with Crippen molar-refractivity contribution in [3.8, 4) is 5.75 Å². The molecule has 378 valence electrons. The molecule has 0 aliphatic carbocycles. The standard InChI is InChI=1S/C48H62N8O13S/c1-4-6-16-36(52-41(57)24-21-30-19-22-33(23-20-30)69-70(66,67)68)45(62)51-29-42(58)53-39(26-32-28-50-35-17-12-11-15-34(32)35)48(65)56(3)40(18-7-5-2)47(64)55-38(27-43(59)60)46(63)54-37(44(49)61)25-31-13-9-8-10-14-31/h8-15,17,19-20,22-23,28,36-40,50H,4-7,16,18,21,24-27,29H2,1-3H3,(H2,49,61)(H,51,62)(H,52,57)(H,53,58)(H,54,63)(H,55,64)(H,59,60)(H,66,67,68)/t36-,37-,38-,39-,40-/m0/s1. The largest absolute Gasteiger partial charge is 0.481 e. The zero-order valence-electron chi connectivity index (χ0n) is 39.3. The number of likely N-dealkylation sites (N-methyl/N-ethyl adjacent to an activating group) is 1. The average Bonchev–Trinajstić information content (AvgIpc) is 3.73. The van der Waals surface area contributed by atoms with E-state index in [4.69, 9.17) is 10.3 Å². The number of para-hydroxylation sites is 1. The lowest BCUT2D eigenvalue weighted by Crippen LogP contribution is -2.59. The summed E-state index contributed by atoms with van der Waals surface area (Å²) < 4.78 is 35.3. The fourth-order valence-corrected chi connectivity index (χ4v) is 7.94. The molecule has 5 atom stereocenters. The number of hydrogen-bond acceptors (Lipinski definition) is 11. The smallest absolute Gasteiger partial charge is 0.446 e. The Morgan fingerprint density at radius 1 is 0.714 bits per heavy atom. The maximum absolute atomic E-state index is 14.6. The van der Waals surface area contributed by atoms with E-state index in [1.807, 2.05) is 32.0 Å². The Morgan fingerprint density at radius 2 is 1.34 bits per heavy atom. The molecule has 0 saturated carbocycles. The Balaban J connectivity index is 1.49. The van der Waals surface area contributed by atoms with Crippen LogP contribution in [-0.4, -0.2) is 119 Å². The van der Waals surface area contributed by atoms with E-state index in [0.717, 1.165) is 15.8 Å². The number of carboxylic acids is 1. The number of nitrogens with one attached hydrogen (secondary N) is 6. The number of unbranched alkanes of at least 4 members (excludes halogenated alkanes) is 2. The molecule has 0 radical (unpaired) electrons. The van der Waals surface area contributed by atoms with Crippen LogP contribution in [0.25, 0.3) is 10.9 Å². The number of H-pyrrole nitrogens is 1. The molecule has 22 heteroatoms. The maximum Gasteiger partial charge on any atom is 0.446 e. The van der Waals surface area contributed by atoms with Crippen LogP contribution in [0.1, 0.15) is 81.9 Å². The number of amides is 7. The maximum atomic E-state index is 14.6. The predicted octanol–water partition coefficient (Wildman–Crippen LogP) is 1.99. The second kappa shape index (κ2) is 27.0. The summed E-state index contributed by atoms with van der Waals surface area (Å²) >= 11 is 0. The summed E-state index contributed by atoms with van der Waals surface area (Å²) in [4.78, 5) is 111. The van der Waals surface area contributed by atoms with Crippen molar-refractivity contribution in [2.45, 2.75) is 115 Å². The van der Waals surface area contributed by atoms with Gasteiger partial charge in [-0.15, -0.1) is 0 Å². The molecule has 4 aromatic rings. The lowest BCUT2D eigenvalue weighted by molar-refractivity contribution is -0.144. The number of carboxylic acid groups (broad SMARTS) is 1.